The van der Waals surface area contributed by atoms with E-state index in [-0.39, 0.29) is 43.1 Å². The van der Waals surface area contributed by atoms with Gasteiger partial charge in [-0.15, -0.1) is 37.2 Å². The minimum Gasteiger partial charge on any atom is -0.376 e. The Morgan fingerprint density at radius 3 is 2.23 bits per heavy atom. The van der Waals surface area contributed by atoms with Gasteiger partial charge in [0.1, 0.15) is 0 Å². The summed E-state index contributed by atoms with van der Waals surface area (Å²) < 4.78 is 0. The predicted molar refractivity (Wildman–Crippen MR) is 133 cm³/mol. The van der Waals surface area contributed by atoms with E-state index in [1.165, 1.54) is 36.7 Å². The maximum absolute atomic E-state index is 12.7. The molecule has 30 heavy (non-hydrogen) atoms. The van der Waals surface area contributed by atoms with Crippen LogP contribution in [0.4, 0.5) is 5.69 Å². The summed E-state index contributed by atoms with van der Waals surface area (Å²) in [5.74, 6) is 0.200. The first-order valence-electron chi connectivity index (χ1n) is 10.1. The van der Waals surface area contributed by atoms with Crippen molar-refractivity contribution in [1.29, 1.82) is 0 Å². The summed E-state index contributed by atoms with van der Waals surface area (Å²) in [6.07, 6.45) is 2.51. The number of hydrogen-bond donors (Lipinski definition) is 1. The van der Waals surface area contributed by atoms with Gasteiger partial charge in [-0.05, 0) is 44.4 Å². The van der Waals surface area contributed by atoms with Crippen molar-refractivity contribution in [3.63, 3.8) is 0 Å². The number of likely N-dealkylation sites (tertiary alicyclic amines) is 1. The fraction of sp³-hybridized carbons (Fsp3) is 0.500. The van der Waals surface area contributed by atoms with Crippen molar-refractivity contribution in [3.05, 3.63) is 42.5 Å². The molecule has 4 rings (SSSR count). The van der Waals surface area contributed by atoms with Gasteiger partial charge in [-0.2, -0.15) is 0 Å². The van der Waals surface area contributed by atoms with Gasteiger partial charge in [0.25, 0.3) is 0 Å². The molecule has 5 nitrogen and oxygen atoms in total. The number of piperazine rings is 1. The van der Waals surface area contributed by atoms with Crippen LogP contribution in [0.3, 0.4) is 0 Å². The normalized spacial score (nSPS) is 18.1. The van der Waals surface area contributed by atoms with E-state index in [0.717, 1.165) is 31.9 Å². The number of amides is 1. The van der Waals surface area contributed by atoms with E-state index in [0.29, 0.717) is 12.6 Å². The number of halogens is 3. The summed E-state index contributed by atoms with van der Waals surface area (Å²) >= 11 is 0. The van der Waals surface area contributed by atoms with E-state index in [1.807, 2.05) is 29.2 Å². The van der Waals surface area contributed by atoms with Crippen LogP contribution in [0.15, 0.2) is 42.5 Å². The van der Waals surface area contributed by atoms with Gasteiger partial charge >= 0.3 is 0 Å². The van der Waals surface area contributed by atoms with Crippen LogP contribution in [0.5, 0.6) is 0 Å². The summed E-state index contributed by atoms with van der Waals surface area (Å²) in [5, 5.41) is 5.72. The Morgan fingerprint density at radius 1 is 0.900 bits per heavy atom. The van der Waals surface area contributed by atoms with Gasteiger partial charge < -0.3 is 15.1 Å². The number of carbonyl (C=O) groups is 1. The molecule has 2 aromatic carbocycles. The molecule has 168 valence electrons. The van der Waals surface area contributed by atoms with Crippen molar-refractivity contribution in [3.8, 4) is 0 Å². The van der Waals surface area contributed by atoms with Gasteiger partial charge in [0.2, 0.25) is 5.91 Å². The van der Waals surface area contributed by atoms with Crippen LogP contribution in [0, 0.1) is 0 Å². The third kappa shape index (κ3) is 6.38. The molecule has 0 spiro atoms. The highest BCUT2D eigenvalue weighted by Gasteiger charge is 2.27. The Morgan fingerprint density at radius 2 is 1.53 bits per heavy atom. The fourth-order valence-corrected chi connectivity index (χ4v) is 4.36. The average Bonchev–Trinajstić information content (AvgIpc) is 2.72. The lowest BCUT2D eigenvalue weighted by Crippen LogP contribution is -2.54. The Bertz CT molecular complexity index is 786. The number of piperidine rings is 1. The zero-order valence-electron chi connectivity index (χ0n) is 17.5. The van der Waals surface area contributed by atoms with Gasteiger partial charge in [0.15, 0.2) is 0 Å². The second kappa shape index (κ2) is 12.6. The second-order valence-corrected chi connectivity index (χ2v) is 7.83. The summed E-state index contributed by atoms with van der Waals surface area (Å²) in [6.45, 7) is 6.47. The molecule has 0 aromatic heterocycles. The van der Waals surface area contributed by atoms with Crippen molar-refractivity contribution in [2.75, 3.05) is 58.2 Å². The topological polar surface area (TPSA) is 38.8 Å². The number of hydrogen-bond acceptors (Lipinski definition) is 4. The van der Waals surface area contributed by atoms with Crippen LogP contribution in [-0.2, 0) is 4.79 Å². The van der Waals surface area contributed by atoms with Crippen LogP contribution >= 0.6 is 37.2 Å². The third-order valence-electron chi connectivity index (χ3n) is 6.09. The highest BCUT2D eigenvalue weighted by atomic mass is 35.5. The lowest BCUT2D eigenvalue weighted by molar-refractivity contribution is -0.131. The van der Waals surface area contributed by atoms with E-state index < -0.39 is 0 Å². The monoisotopic (exact) mass is 474 g/mol. The number of nitrogens with zero attached hydrogens (tertiary/aromatic N) is 3. The van der Waals surface area contributed by atoms with E-state index in [2.05, 4.69) is 40.4 Å². The fourth-order valence-electron chi connectivity index (χ4n) is 4.36. The molecule has 2 fully saturated rings. The molecule has 0 atom stereocenters. The number of fused-ring (bicyclic) bond motifs is 1. The number of nitrogens with one attached hydrogen (secondary N) is 1. The first-order valence-corrected chi connectivity index (χ1v) is 10.1. The smallest absolute Gasteiger partial charge is 0.241 e. The largest absolute Gasteiger partial charge is 0.376 e. The molecule has 1 amide bonds. The van der Waals surface area contributed by atoms with E-state index in [9.17, 15) is 4.79 Å². The van der Waals surface area contributed by atoms with Crippen molar-refractivity contribution in [2.24, 2.45) is 0 Å². The molecule has 1 N–H and O–H groups in total. The van der Waals surface area contributed by atoms with E-state index in [1.54, 1.807) is 0 Å². The van der Waals surface area contributed by atoms with Crippen LogP contribution in [0.25, 0.3) is 10.8 Å². The molecule has 0 unspecified atom stereocenters. The summed E-state index contributed by atoms with van der Waals surface area (Å²) in [7, 11) is 2.20. The third-order valence-corrected chi connectivity index (χ3v) is 6.09. The van der Waals surface area contributed by atoms with Crippen LogP contribution in [0.1, 0.15) is 12.8 Å². The Balaban J connectivity index is 0.00000150. The van der Waals surface area contributed by atoms with Gasteiger partial charge in [-0.1, -0.05) is 36.4 Å². The lowest BCUT2D eigenvalue weighted by atomic mass is 10.0. The summed E-state index contributed by atoms with van der Waals surface area (Å²) in [4.78, 5) is 19.7. The lowest BCUT2D eigenvalue weighted by Gasteiger charge is -2.42. The Kier molecular flexibility index (Phi) is 11.2. The maximum Gasteiger partial charge on any atom is 0.241 e. The van der Waals surface area contributed by atoms with Gasteiger partial charge in [0, 0.05) is 43.3 Å². The van der Waals surface area contributed by atoms with Crippen molar-refractivity contribution in [1.82, 2.24) is 14.7 Å². The van der Waals surface area contributed by atoms with Crippen LogP contribution in [0.2, 0.25) is 0 Å². The maximum atomic E-state index is 12.7. The molecule has 0 saturated carbocycles. The first kappa shape index (κ1) is 26.8. The van der Waals surface area contributed by atoms with Crippen molar-refractivity contribution < 1.29 is 4.79 Å². The standard InChI is InChI=1S/C22H30N4O.3ClH/c1-24-11-9-19(10-12-24)25-13-15-26(16-14-25)22(27)17-23-21-8-4-6-18-5-2-3-7-20(18)21;;;/h2-8,19,23H,9-17H2,1H3;3*1H. The van der Waals surface area contributed by atoms with Gasteiger partial charge in [0.05, 0.1) is 6.54 Å². The minimum atomic E-state index is 0. The highest BCUT2D eigenvalue weighted by Crippen LogP contribution is 2.23. The first-order chi connectivity index (χ1) is 13.2. The summed E-state index contributed by atoms with van der Waals surface area (Å²) in [6, 6.07) is 15.2. The number of benzene rings is 2. The Hall–Kier alpha value is -1.24. The zero-order chi connectivity index (χ0) is 18.6. The number of carbonyl (C=O) groups excluding carboxylic acids is 1. The molecule has 0 bridgehead atoms. The zero-order valence-corrected chi connectivity index (χ0v) is 19.9. The Labute approximate surface area is 198 Å². The predicted octanol–water partition coefficient (Wildman–Crippen LogP) is 3.76. The quantitative estimate of drug-likeness (QED) is 0.731. The average molecular weight is 476 g/mol. The highest BCUT2D eigenvalue weighted by molar-refractivity contribution is 5.95. The molecule has 2 saturated heterocycles. The molecule has 8 heteroatoms. The molecular weight excluding hydrogens is 443 g/mol. The van der Waals surface area contributed by atoms with E-state index in [4.69, 9.17) is 0 Å². The van der Waals surface area contributed by atoms with Gasteiger partial charge in [-0.3, -0.25) is 9.69 Å². The molecule has 2 aliphatic rings. The van der Waals surface area contributed by atoms with Crippen molar-refractivity contribution >= 4 is 59.6 Å². The number of rotatable bonds is 4. The SMILES string of the molecule is CN1CCC(N2CCN(C(=O)CNc3cccc4ccccc34)CC2)CC1.Cl.Cl.Cl. The van der Waals surface area contributed by atoms with Crippen LogP contribution in [-0.4, -0.2) is 79.5 Å². The molecular formula is C22H33Cl3N4O. The molecule has 0 aliphatic carbocycles. The van der Waals surface area contributed by atoms with Gasteiger partial charge in [-0.25, -0.2) is 0 Å². The second-order valence-electron chi connectivity index (χ2n) is 7.83. The molecule has 2 aromatic rings. The molecule has 0 radical (unpaired) electrons. The number of anilines is 1. The summed E-state index contributed by atoms with van der Waals surface area (Å²) in [5.41, 5.74) is 1.03. The molecule has 2 aliphatic heterocycles. The van der Waals surface area contributed by atoms with Crippen LogP contribution < -0.4 is 5.32 Å². The molecule has 2 heterocycles. The van der Waals surface area contributed by atoms with E-state index >= 15 is 0 Å². The minimum absolute atomic E-state index is 0. The van der Waals surface area contributed by atoms with Crippen molar-refractivity contribution in [2.45, 2.75) is 18.9 Å².